The molecule has 3 aromatic rings. The van der Waals surface area contributed by atoms with Crippen molar-refractivity contribution in [3.63, 3.8) is 0 Å². The molecule has 1 aliphatic heterocycles. The van der Waals surface area contributed by atoms with Gasteiger partial charge in [-0.05, 0) is 55.0 Å². The number of hydrogen-bond donors (Lipinski definition) is 0. The minimum Gasteiger partial charge on any atom is -0.490 e. The largest absolute Gasteiger partial charge is 0.490 e. The molecule has 1 heterocycles. The molecule has 0 bridgehead atoms. The summed E-state index contributed by atoms with van der Waals surface area (Å²) in [5.41, 5.74) is 2.30. The molecule has 6 heteroatoms. The number of amides is 1. The molecule has 1 fully saturated rings. The highest BCUT2D eigenvalue weighted by Crippen LogP contribution is 2.22. The van der Waals surface area contributed by atoms with Gasteiger partial charge in [0.1, 0.15) is 24.7 Å². The van der Waals surface area contributed by atoms with Crippen LogP contribution in [0, 0.1) is 11.3 Å². The number of anilines is 1. The second-order valence-electron chi connectivity index (χ2n) is 7.80. The van der Waals surface area contributed by atoms with E-state index in [0.29, 0.717) is 43.2 Å². The number of para-hydroxylation sites is 2. The molecule has 1 saturated heterocycles. The fourth-order valence-electron chi connectivity index (χ4n) is 3.89. The van der Waals surface area contributed by atoms with Crippen LogP contribution in [0.2, 0.25) is 0 Å². The van der Waals surface area contributed by atoms with Crippen molar-refractivity contribution in [2.45, 2.75) is 6.42 Å². The molecule has 168 valence electrons. The Balaban J connectivity index is 1.35. The van der Waals surface area contributed by atoms with Crippen molar-refractivity contribution in [2.24, 2.45) is 0 Å². The van der Waals surface area contributed by atoms with Crippen molar-refractivity contribution < 1.29 is 14.3 Å². The summed E-state index contributed by atoms with van der Waals surface area (Å²) in [6, 6.07) is 26.7. The Hall–Kier alpha value is -3.98. The van der Waals surface area contributed by atoms with Crippen LogP contribution >= 0.6 is 0 Å². The maximum atomic E-state index is 13.3. The highest BCUT2D eigenvalue weighted by Gasteiger charge is 2.23. The number of hydrogen-bond acceptors (Lipinski definition) is 5. The smallest absolute Gasteiger partial charge is 0.257 e. The number of benzene rings is 3. The predicted octanol–water partition coefficient (Wildman–Crippen LogP) is 4.37. The minimum atomic E-state index is -0.0174. The molecule has 0 spiro atoms. The summed E-state index contributed by atoms with van der Waals surface area (Å²) in [5.74, 6) is 1.35. The van der Waals surface area contributed by atoms with Crippen LogP contribution in [0.25, 0.3) is 0 Å². The molecule has 0 N–H and O–H groups in total. The lowest BCUT2D eigenvalue weighted by molar-refractivity contribution is 0.0761. The molecule has 1 amide bonds. The number of ether oxygens (including phenoxy) is 2. The summed E-state index contributed by atoms with van der Waals surface area (Å²) < 4.78 is 11.6. The van der Waals surface area contributed by atoms with Gasteiger partial charge in [-0.1, -0.05) is 30.3 Å². The Morgan fingerprint density at radius 3 is 2.33 bits per heavy atom. The Morgan fingerprint density at radius 1 is 0.818 bits per heavy atom. The van der Waals surface area contributed by atoms with Gasteiger partial charge < -0.3 is 19.3 Å². The first-order valence-electron chi connectivity index (χ1n) is 11.2. The van der Waals surface area contributed by atoms with Gasteiger partial charge in [0.2, 0.25) is 0 Å². The lowest BCUT2D eigenvalue weighted by Crippen LogP contribution is -2.35. The van der Waals surface area contributed by atoms with E-state index in [2.05, 4.69) is 11.0 Å². The van der Waals surface area contributed by atoms with E-state index in [1.54, 1.807) is 0 Å². The zero-order valence-electron chi connectivity index (χ0n) is 18.5. The average Bonchev–Trinajstić information content (AvgIpc) is 3.14. The molecule has 1 aliphatic rings. The Labute approximate surface area is 194 Å². The maximum Gasteiger partial charge on any atom is 0.257 e. The molecule has 33 heavy (non-hydrogen) atoms. The van der Waals surface area contributed by atoms with E-state index in [1.165, 1.54) is 0 Å². The van der Waals surface area contributed by atoms with Crippen molar-refractivity contribution in [3.05, 3.63) is 90.0 Å². The molecule has 6 nitrogen and oxygen atoms in total. The Morgan fingerprint density at radius 2 is 1.55 bits per heavy atom. The average molecular weight is 442 g/mol. The van der Waals surface area contributed by atoms with Crippen LogP contribution in [0.4, 0.5) is 5.69 Å². The number of nitriles is 1. The molecule has 0 aliphatic carbocycles. The SMILES string of the molecule is N#Cc1ccc(N2CCCN(C(=O)c3ccccc3OCCOc3ccccc3)CC2)cc1. The van der Waals surface area contributed by atoms with Crippen LogP contribution in [0.15, 0.2) is 78.9 Å². The predicted molar refractivity (Wildman–Crippen MR) is 128 cm³/mol. The van der Waals surface area contributed by atoms with Crippen LogP contribution in [-0.4, -0.2) is 50.2 Å². The molecule has 0 aromatic heterocycles. The lowest BCUT2D eigenvalue weighted by atomic mass is 10.1. The summed E-state index contributed by atoms with van der Waals surface area (Å²) in [5, 5.41) is 9.01. The van der Waals surface area contributed by atoms with Crippen LogP contribution in [-0.2, 0) is 0 Å². The number of carbonyl (C=O) groups excluding carboxylic acids is 1. The van der Waals surface area contributed by atoms with Gasteiger partial charge in [-0.25, -0.2) is 0 Å². The molecular formula is C27H27N3O3. The van der Waals surface area contributed by atoms with Gasteiger partial charge in [0, 0.05) is 31.9 Å². The zero-order valence-corrected chi connectivity index (χ0v) is 18.5. The summed E-state index contributed by atoms with van der Waals surface area (Å²) in [4.78, 5) is 17.5. The van der Waals surface area contributed by atoms with Crippen LogP contribution < -0.4 is 14.4 Å². The van der Waals surface area contributed by atoms with E-state index in [0.717, 1.165) is 30.9 Å². The van der Waals surface area contributed by atoms with Crippen LogP contribution in [0.5, 0.6) is 11.5 Å². The quantitative estimate of drug-likeness (QED) is 0.510. The third-order valence-corrected chi connectivity index (χ3v) is 5.61. The molecule has 0 saturated carbocycles. The second kappa shape index (κ2) is 11.1. The highest BCUT2D eigenvalue weighted by atomic mass is 16.5. The first-order valence-corrected chi connectivity index (χ1v) is 11.2. The summed E-state index contributed by atoms with van der Waals surface area (Å²) in [7, 11) is 0. The van der Waals surface area contributed by atoms with Crippen molar-refractivity contribution in [2.75, 3.05) is 44.3 Å². The van der Waals surface area contributed by atoms with Gasteiger partial charge >= 0.3 is 0 Å². The van der Waals surface area contributed by atoms with Crippen molar-refractivity contribution in [1.29, 1.82) is 5.26 Å². The number of nitrogens with zero attached hydrogens (tertiary/aromatic N) is 3. The topological polar surface area (TPSA) is 65.8 Å². The van der Waals surface area contributed by atoms with Gasteiger partial charge in [-0.15, -0.1) is 0 Å². The van der Waals surface area contributed by atoms with Gasteiger partial charge in [0.25, 0.3) is 5.91 Å². The van der Waals surface area contributed by atoms with E-state index < -0.39 is 0 Å². The van der Waals surface area contributed by atoms with Crippen molar-refractivity contribution in [3.8, 4) is 17.6 Å². The molecule has 0 atom stereocenters. The van der Waals surface area contributed by atoms with E-state index in [9.17, 15) is 4.79 Å². The first-order chi connectivity index (χ1) is 16.2. The fourth-order valence-corrected chi connectivity index (χ4v) is 3.89. The lowest BCUT2D eigenvalue weighted by Gasteiger charge is -2.24. The summed E-state index contributed by atoms with van der Waals surface area (Å²) >= 11 is 0. The van der Waals surface area contributed by atoms with Crippen LogP contribution in [0.3, 0.4) is 0 Å². The Bertz CT molecular complexity index is 1090. The van der Waals surface area contributed by atoms with Gasteiger partial charge in [0.15, 0.2) is 0 Å². The third kappa shape index (κ3) is 5.83. The third-order valence-electron chi connectivity index (χ3n) is 5.61. The second-order valence-corrected chi connectivity index (χ2v) is 7.80. The first kappa shape index (κ1) is 22.2. The Kier molecular flexibility index (Phi) is 7.44. The number of rotatable bonds is 7. The fraction of sp³-hybridized carbons (Fsp3) is 0.259. The molecule has 3 aromatic carbocycles. The molecular weight excluding hydrogens is 414 g/mol. The van der Waals surface area contributed by atoms with E-state index in [-0.39, 0.29) is 5.91 Å². The number of carbonyl (C=O) groups is 1. The normalized spacial score (nSPS) is 13.7. The van der Waals surface area contributed by atoms with Gasteiger partial charge in [0.05, 0.1) is 17.2 Å². The molecule has 0 radical (unpaired) electrons. The minimum absolute atomic E-state index is 0.0174. The summed E-state index contributed by atoms with van der Waals surface area (Å²) in [6.45, 7) is 3.68. The van der Waals surface area contributed by atoms with Gasteiger partial charge in [-0.2, -0.15) is 5.26 Å². The van der Waals surface area contributed by atoms with E-state index >= 15 is 0 Å². The monoisotopic (exact) mass is 441 g/mol. The van der Waals surface area contributed by atoms with Crippen LogP contribution in [0.1, 0.15) is 22.3 Å². The highest BCUT2D eigenvalue weighted by molar-refractivity contribution is 5.97. The standard InChI is InChI=1S/C27H27N3O3/c28-21-22-11-13-23(14-12-22)29-15-6-16-30(18-17-29)27(31)25-9-4-5-10-26(25)33-20-19-32-24-7-2-1-3-8-24/h1-5,7-14H,6,15-20H2. The van der Waals surface area contributed by atoms with Crippen molar-refractivity contribution >= 4 is 11.6 Å². The van der Waals surface area contributed by atoms with Crippen molar-refractivity contribution in [1.82, 2.24) is 4.90 Å². The van der Waals surface area contributed by atoms with E-state index in [4.69, 9.17) is 14.7 Å². The molecule has 0 unspecified atom stereocenters. The molecule has 4 rings (SSSR count). The van der Waals surface area contributed by atoms with Gasteiger partial charge in [-0.3, -0.25) is 4.79 Å². The van der Waals surface area contributed by atoms with E-state index in [1.807, 2.05) is 83.8 Å². The zero-order chi connectivity index (χ0) is 22.9. The summed E-state index contributed by atoms with van der Waals surface area (Å²) in [6.07, 6.45) is 0.875. The maximum absolute atomic E-state index is 13.3.